The first-order valence-electron chi connectivity index (χ1n) is 2.09. The van der Waals surface area contributed by atoms with Gasteiger partial charge in [0.05, 0.1) is 0 Å². The summed E-state index contributed by atoms with van der Waals surface area (Å²) >= 11 is 5.17. The van der Waals surface area contributed by atoms with E-state index in [4.69, 9.17) is 22.1 Å². The zero-order chi connectivity index (χ0) is 7.49. The third kappa shape index (κ3) is 1.42. The molecule has 0 aromatic heterocycles. The Labute approximate surface area is 57.4 Å². The van der Waals surface area contributed by atoms with Crippen molar-refractivity contribution in [2.24, 2.45) is 0 Å². The molecule has 0 saturated carbocycles. The fourth-order valence-corrected chi connectivity index (χ4v) is 0.182. The second-order valence-electron chi connectivity index (χ2n) is 1.44. The molecule has 0 aliphatic carbocycles. The Morgan fingerprint density at radius 2 is 1.89 bits per heavy atom. The molecule has 0 unspecified atom stereocenters. The van der Waals surface area contributed by atoms with E-state index < -0.39 is 10.7 Å². The quantitative estimate of drug-likeness (QED) is 0.504. The molecule has 0 bridgehead atoms. The molecule has 0 N–H and O–H groups in total. The van der Waals surface area contributed by atoms with Crippen LogP contribution in [0.25, 0.3) is 0 Å². The molecule has 0 aromatic rings. The van der Waals surface area contributed by atoms with Crippen LogP contribution in [0.1, 0.15) is 6.92 Å². The summed E-state index contributed by atoms with van der Waals surface area (Å²) in [4.78, 5) is 8.38. The van der Waals surface area contributed by atoms with Gasteiger partial charge in [0.15, 0.2) is 5.78 Å². The average molecular weight is 143 g/mol. The lowest BCUT2D eigenvalue weighted by molar-refractivity contribution is -0.117. The summed E-state index contributed by atoms with van der Waals surface area (Å²) in [6, 6.07) is 2.76. The molecule has 0 fully saturated rings. The normalized spacial score (nSPS) is 9.33. The van der Waals surface area contributed by atoms with Gasteiger partial charge in [0.1, 0.15) is 12.1 Å². The molecule has 4 heteroatoms. The van der Waals surface area contributed by atoms with Crippen LogP contribution in [0.4, 0.5) is 0 Å². The molecule has 3 nitrogen and oxygen atoms in total. The molecule has 0 spiro atoms. The Morgan fingerprint density at radius 3 is 1.89 bits per heavy atom. The van der Waals surface area contributed by atoms with E-state index in [-0.39, 0.29) is 0 Å². The maximum absolute atomic E-state index is 10.4. The van der Waals surface area contributed by atoms with Crippen molar-refractivity contribution in [2.45, 2.75) is 11.8 Å². The van der Waals surface area contributed by atoms with Crippen LogP contribution in [-0.4, -0.2) is 10.7 Å². The summed E-state index contributed by atoms with van der Waals surface area (Å²) in [5, 5.41) is 16.3. The molecule has 0 saturated heterocycles. The predicted molar refractivity (Wildman–Crippen MR) is 30.5 cm³/mol. The first kappa shape index (κ1) is 7.94. The van der Waals surface area contributed by atoms with E-state index in [9.17, 15) is 4.79 Å². The topological polar surface area (TPSA) is 64.7 Å². The number of nitrogens with zero attached hydrogens (tertiary/aromatic N) is 2. The van der Waals surface area contributed by atoms with Crippen LogP contribution in [0.3, 0.4) is 0 Å². The highest BCUT2D eigenvalue weighted by Gasteiger charge is 2.32. The van der Waals surface area contributed by atoms with Gasteiger partial charge in [0.2, 0.25) is 0 Å². The fraction of sp³-hybridized carbons (Fsp3) is 0.400. The minimum Gasteiger partial charge on any atom is -0.296 e. The van der Waals surface area contributed by atoms with Crippen LogP contribution in [0.2, 0.25) is 0 Å². The first-order chi connectivity index (χ1) is 4.06. The Kier molecular flexibility index (Phi) is 2.19. The summed E-state index contributed by atoms with van der Waals surface area (Å²) in [7, 11) is 0. The van der Waals surface area contributed by atoms with Crippen LogP contribution in [-0.2, 0) is 4.79 Å². The van der Waals surface area contributed by atoms with Crippen molar-refractivity contribution in [1.82, 2.24) is 0 Å². The molecule has 0 radical (unpaired) electrons. The van der Waals surface area contributed by atoms with Gasteiger partial charge in [-0.25, -0.2) is 0 Å². The molecular weight excluding hydrogens is 140 g/mol. The minimum atomic E-state index is -1.97. The Balaban J connectivity index is 4.60. The fourth-order valence-electron chi connectivity index (χ4n) is 0.182. The smallest absolute Gasteiger partial charge is 0.273 e. The van der Waals surface area contributed by atoms with Gasteiger partial charge in [0.25, 0.3) is 4.87 Å². The number of ketones is 1. The highest BCUT2D eigenvalue weighted by molar-refractivity contribution is 6.39. The van der Waals surface area contributed by atoms with Crippen LogP contribution in [0, 0.1) is 22.7 Å². The van der Waals surface area contributed by atoms with Crippen molar-refractivity contribution < 1.29 is 4.79 Å². The number of hydrogen-bond donors (Lipinski definition) is 0. The summed E-state index contributed by atoms with van der Waals surface area (Å²) in [6.45, 7) is 1.10. The standard InChI is InChI=1S/C5H3ClN2O/c1-4(9)5(6,2-7)3-8/h1H3. The number of Topliss-reactive ketones (excluding diaryl/α,β-unsaturated/α-hetero) is 1. The summed E-state index contributed by atoms with van der Waals surface area (Å²) < 4.78 is 0. The largest absolute Gasteiger partial charge is 0.296 e. The predicted octanol–water partition coefficient (Wildman–Crippen LogP) is 0.600. The molecule has 9 heavy (non-hydrogen) atoms. The van der Waals surface area contributed by atoms with E-state index in [1.165, 1.54) is 12.1 Å². The summed E-state index contributed by atoms with van der Waals surface area (Å²) in [5.41, 5.74) is 0. The van der Waals surface area contributed by atoms with Gasteiger partial charge in [-0.1, -0.05) is 11.6 Å². The van der Waals surface area contributed by atoms with Crippen LogP contribution in [0.15, 0.2) is 0 Å². The van der Waals surface area contributed by atoms with E-state index in [0.717, 1.165) is 6.92 Å². The maximum atomic E-state index is 10.4. The van der Waals surface area contributed by atoms with Crippen molar-refractivity contribution in [3.8, 4) is 12.1 Å². The van der Waals surface area contributed by atoms with Crippen molar-refractivity contribution in [2.75, 3.05) is 0 Å². The van der Waals surface area contributed by atoms with Gasteiger partial charge in [-0.05, 0) is 6.92 Å². The van der Waals surface area contributed by atoms with Crippen LogP contribution in [0.5, 0.6) is 0 Å². The van der Waals surface area contributed by atoms with Gasteiger partial charge in [0, 0.05) is 0 Å². The highest BCUT2D eigenvalue weighted by Crippen LogP contribution is 2.12. The molecule has 46 valence electrons. The zero-order valence-electron chi connectivity index (χ0n) is 4.68. The molecule has 0 atom stereocenters. The number of carbonyl (C=O) groups excluding carboxylic acids is 1. The second-order valence-corrected chi connectivity index (χ2v) is 2.01. The first-order valence-corrected chi connectivity index (χ1v) is 2.47. The molecular formula is C5H3ClN2O. The molecule has 0 aliphatic heterocycles. The van der Waals surface area contributed by atoms with E-state index >= 15 is 0 Å². The molecule has 0 heterocycles. The molecule has 0 amide bonds. The summed E-state index contributed by atoms with van der Waals surface area (Å²) in [5.74, 6) is -0.644. The highest BCUT2D eigenvalue weighted by atomic mass is 35.5. The number of nitriles is 2. The lowest BCUT2D eigenvalue weighted by atomic mass is 10.1. The average Bonchev–Trinajstić information content (AvgIpc) is 1.86. The third-order valence-corrected chi connectivity index (χ3v) is 1.23. The second kappa shape index (κ2) is 2.48. The van der Waals surface area contributed by atoms with Gasteiger partial charge in [-0.3, -0.25) is 4.79 Å². The lowest BCUT2D eigenvalue weighted by Gasteiger charge is -2.00. The van der Waals surface area contributed by atoms with Gasteiger partial charge >= 0.3 is 0 Å². The van der Waals surface area contributed by atoms with E-state index in [2.05, 4.69) is 0 Å². The lowest BCUT2D eigenvalue weighted by Crippen LogP contribution is -2.25. The van der Waals surface area contributed by atoms with Crippen molar-refractivity contribution >= 4 is 17.4 Å². The molecule has 0 aliphatic rings. The number of alkyl halides is 1. The molecule has 0 rings (SSSR count). The third-order valence-electron chi connectivity index (χ3n) is 0.793. The SMILES string of the molecule is CC(=O)C(Cl)(C#N)C#N. The van der Waals surface area contributed by atoms with E-state index in [0.29, 0.717) is 0 Å². The van der Waals surface area contributed by atoms with E-state index in [1.54, 1.807) is 0 Å². The Bertz CT molecular complexity index is 196. The number of hydrogen-bond acceptors (Lipinski definition) is 3. The van der Waals surface area contributed by atoms with Gasteiger partial charge in [-0.15, -0.1) is 0 Å². The van der Waals surface area contributed by atoms with Gasteiger partial charge in [-0.2, -0.15) is 10.5 Å². The van der Waals surface area contributed by atoms with Crippen molar-refractivity contribution in [3.05, 3.63) is 0 Å². The van der Waals surface area contributed by atoms with E-state index in [1.807, 2.05) is 0 Å². The summed E-state index contributed by atoms with van der Waals surface area (Å²) in [6.07, 6.45) is 0. The maximum Gasteiger partial charge on any atom is 0.273 e. The number of carbonyl (C=O) groups is 1. The minimum absolute atomic E-state index is 0.644. The van der Waals surface area contributed by atoms with Gasteiger partial charge < -0.3 is 0 Å². The van der Waals surface area contributed by atoms with Crippen molar-refractivity contribution in [3.63, 3.8) is 0 Å². The number of halogens is 1. The Hall–Kier alpha value is -1.06. The van der Waals surface area contributed by atoms with Crippen LogP contribution >= 0.6 is 11.6 Å². The zero-order valence-corrected chi connectivity index (χ0v) is 5.44. The van der Waals surface area contributed by atoms with Crippen molar-refractivity contribution in [1.29, 1.82) is 10.5 Å². The monoisotopic (exact) mass is 142 g/mol. The Morgan fingerprint density at radius 1 is 1.56 bits per heavy atom. The van der Waals surface area contributed by atoms with Crippen LogP contribution < -0.4 is 0 Å². The number of rotatable bonds is 1. The molecule has 0 aromatic carbocycles.